The van der Waals surface area contributed by atoms with Crippen molar-refractivity contribution in [1.82, 2.24) is 19.5 Å². The zero-order chi connectivity index (χ0) is 48.7. The molecule has 1 N–H and O–H groups in total. The third kappa shape index (κ3) is 8.96. The Labute approximate surface area is 406 Å². The maximum atomic E-state index is 16.3. The molecular weight excluding hydrogens is 886 g/mol. The number of carbonyl (C=O) groups is 1. The van der Waals surface area contributed by atoms with Crippen molar-refractivity contribution in [1.29, 1.82) is 0 Å². The van der Waals surface area contributed by atoms with Crippen molar-refractivity contribution < 1.29 is 37.6 Å². The molecule has 2 aromatic heterocycles. The number of benzene rings is 6. The van der Waals surface area contributed by atoms with Crippen LogP contribution in [0, 0.1) is 24.3 Å². The molecule has 1 fully saturated rings. The summed E-state index contributed by atoms with van der Waals surface area (Å²) in [7, 11) is 3.23. The van der Waals surface area contributed by atoms with Gasteiger partial charge in [0.05, 0.1) is 33.1 Å². The fraction of sp³-hybridized carbons (Fsp3) is 0.228. The molecule has 70 heavy (non-hydrogen) atoms. The molecule has 354 valence electrons. The number of hydrogen-bond acceptors (Lipinski definition) is 11. The first-order valence-electron chi connectivity index (χ1n) is 22.9. The van der Waals surface area contributed by atoms with Gasteiger partial charge in [0.1, 0.15) is 35.0 Å². The van der Waals surface area contributed by atoms with Gasteiger partial charge >= 0.3 is 12.0 Å². The molecule has 0 amide bonds. The fourth-order valence-electron chi connectivity index (χ4n) is 9.20. The summed E-state index contributed by atoms with van der Waals surface area (Å²) in [5.74, 6) is 3.53. The lowest BCUT2D eigenvalue weighted by molar-refractivity contribution is -0.177. The molecule has 6 aromatic carbocycles. The Balaban J connectivity index is 1.17. The molecule has 0 radical (unpaired) electrons. The number of nitrogens with zero attached hydrogens (tertiary/aromatic N) is 4. The molecule has 1 aliphatic rings. The quantitative estimate of drug-likeness (QED) is 0.0221. The maximum absolute atomic E-state index is 16.3. The first kappa shape index (κ1) is 47.2. The summed E-state index contributed by atoms with van der Waals surface area (Å²) in [5.41, 5.74) is 1.30. The number of rotatable bonds is 18. The van der Waals surface area contributed by atoms with Gasteiger partial charge in [-0.25, -0.2) is 4.98 Å². The van der Waals surface area contributed by atoms with Crippen LogP contribution in [-0.2, 0) is 34.9 Å². The van der Waals surface area contributed by atoms with Crippen LogP contribution in [0.15, 0.2) is 176 Å². The largest absolute Gasteiger partial charge is 0.497 e. The van der Waals surface area contributed by atoms with Gasteiger partial charge in [0.25, 0.3) is 0 Å². The summed E-state index contributed by atoms with van der Waals surface area (Å²) in [6.07, 6.45) is 5.33. The second-order valence-electron chi connectivity index (χ2n) is 17.2. The first-order valence-corrected chi connectivity index (χ1v) is 22.9. The number of halogens is 1. The molecule has 0 unspecified atom stereocenters. The van der Waals surface area contributed by atoms with Gasteiger partial charge in [-0.05, 0) is 57.6 Å². The third-order valence-electron chi connectivity index (χ3n) is 12.7. The van der Waals surface area contributed by atoms with Crippen molar-refractivity contribution in [3.63, 3.8) is 0 Å². The molecule has 0 saturated carbocycles. The van der Waals surface area contributed by atoms with Crippen LogP contribution in [0.1, 0.15) is 59.9 Å². The van der Waals surface area contributed by atoms with Gasteiger partial charge in [0.15, 0.2) is 29.4 Å². The lowest BCUT2D eigenvalue weighted by atomic mass is 9.77. The van der Waals surface area contributed by atoms with Gasteiger partial charge in [-0.1, -0.05) is 165 Å². The van der Waals surface area contributed by atoms with Crippen molar-refractivity contribution in [2.45, 2.75) is 49.3 Å². The van der Waals surface area contributed by atoms with Crippen LogP contribution in [0.25, 0.3) is 11.2 Å². The molecular formula is C57H52FN5O7. The highest BCUT2D eigenvalue weighted by Crippen LogP contribution is 2.49. The van der Waals surface area contributed by atoms with Crippen LogP contribution in [0.2, 0.25) is 0 Å². The van der Waals surface area contributed by atoms with Crippen molar-refractivity contribution >= 4 is 23.0 Å². The highest BCUT2D eigenvalue weighted by molar-refractivity contribution is 5.84. The zero-order valence-corrected chi connectivity index (χ0v) is 39.2. The Morgan fingerprint density at radius 3 is 1.74 bits per heavy atom. The number of fused-ring (bicyclic) bond motifs is 1. The number of imidazole rings is 1. The average Bonchev–Trinajstić information content (AvgIpc) is 4.00. The minimum absolute atomic E-state index is 0.112. The normalized spacial score (nSPS) is 17.0. The van der Waals surface area contributed by atoms with E-state index in [-0.39, 0.29) is 42.7 Å². The van der Waals surface area contributed by atoms with Gasteiger partial charge in [-0.3, -0.25) is 9.36 Å². The summed E-state index contributed by atoms with van der Waals surface area (Å²) >= 11 is 0. The Hall–Kier alpha value is -7.89. The van der Waals surface area contributed by atoms with Gasteiger partial charge in [-0.15, -0.1) is 6.42 Å². The molecule has 3 heterocycles. The number of methoxy groups -OCH3 is 2. The van der Waals surface area contributed by atoms with Crippen LogP contribution >= 0.6 is 0 Å². The maximum Gasteiger partial charge on any atom is 0.312 e. The van der Waals surface area contributed by atoms with Crippen LogP contribution in [0.5, 0.6) is 11.5 Å². The van der Waals surface area contributed by atoms with Gasteiger partial charge in [0, 0.05) is 6.42 Å². The van der Waals surface area contributed by atoms with Gasteiger partial charge in [-0.2, -0.15) is 14.4 Å². The molecule has 13 heteroatoms. The Morgan fingerprint density at radius 2 is 1.24 bits per heavy atom. The summed E-state index contributed by atoms with van der Waals surface area (Å²) in [6, 6.07) is 54.8. The molecule has 0 aliphatic carbocycles. The number of nitrogens with one attached hydrogen (secondary N) is 1. The van der Waals surface area contributed by atoms with E-state index in [2.05, 4.69) is 21.2 Å². The topological polar surface area (TPSA) is 128 Å². The number of aromatic nitrogens is 4. The van der Waals surface area contributed by atoms with Gasteiger partial charge in [0.2, 0.25) is 0 Å². The minimum atomic E-state index is -1.62. The van der Waals surface area contributed by atoms with Crippen molar-refractivity contribution in [2.24, 2.45) is 5.92 Å². The highest BCUT2D eigenvalue weighted by atomic mass is 19.1. The molecule has 12 nitrogen and oxygen atoms in total. The minimum Gasteiger partial charge on any atom is -0.497 e. The lowest BCUT2D eigenvalue weighted by Crippen LogP contribution is -2.49. The average molecular weight is 938 g/mol. The Morgan fingerprint density at radius 1 is 0.757 bits per heavy atom. The molecule has 1 saturated heterocycles. The Kier molecular flexibility index (Phi) is 13.7. The lowest BCUT2D eigenvalue weighted by Gasteiger charge is -2.41. The van der Waals surface area contributed by atoms with Crippen LogP contribution in [0.3, 0.4) is 0 Å². The molecule has 8 aromatic rings. The SMILES string of the molecule is C#C[C@]1(COCOC(=O)C(C)C)O[C@@H](n2cnc3c(NC(c4ccccc4)(c4ccccc4)c4ccc(OC)cc4)nc(F)nc32)C[C@@H]1OC(c1ccccc1)(c1ccccc1)c1ccc(OC)cc1. The van der Waals surface area contributed by atoms with E-state index in [1.807, 2.05) is 170 Å². The number of esters is 1. The van der Waals surface area contributed by atoms with Crippen molar-refractivity contribution in [3.8, 4) is 23.8 Å². The van der Waals surface area contributed by atoms with E-state index in [1.165, 1.54) is 6.33 Å². The fourth-order valence-corrected chi connectivity index (χ4v) is 9.20. The zero-order valence-electron chi connectivity index (χ0n) is 39.2. The molecule has 0 spiro atoms. The van der Waals surface area contributed by atoms with E-state index in [0.29, 0.717) is 11.5 Å². The van der Waals surface area contributed by atoms with E-state index >= 15 is 4.39 Å². The summed E-state index contributed by atoms with van der Waals surface area (Å²) in [5, 5.41) is 3.67. The summed E-state index contributed by atoms with van der Waals surface area (Å²) in [4.78, 5) is 26.1. The second kappa shape index (κ2) is 20.4. The van der Waals surface area contributed by atoms with Crippen LogP contribution in [0.4, 0.5) is 10.2 Å². The molecule has 3 atom stereocenters. The standard InChI is InChI=1S/C57H52FN5O7/c1-6-55(36-67-38-68-53(64)39(2)3)48(69-57(43-23-15-9-16-24-43,44-25-17-10-18-26-44)45-29-33-47(66-5)34-30-45)35-49(70-55)63-37-59-50-51(60-54(58)61-52(50)63)62-56(40-19-11-7-12-20-40,41-21-13-8-14-22-41)42-27-31-46(65-4)32-28-42/h1,7-34,37,39,48-49H,35-36,38H2,2-5H3,(H,60,61,62)/t48-,49+,55+/m0/s1. The highest BCUT2D eigenvalue weighted by Gasteiger charge is 2.54. The number of anilines is 1. The Bertz CT molecular complexity index is 2980. The summed E-state index contributed by atoms with van der Waals surface area (Å²) in [6.45, 7) is 2.83. The van der Waals surface area contributed by atoms with E-state index in [9.17, 15) is 4.79 Å². The third-order valence-corrected chi connectivity index (χ3v) is 12.7. The predicted molar refractivity (Wildman–Crippen MR) is 263 cm³/mol. The molecule has 9 rings (SSSR count). The molecule has 0 bridgehead atoms. The van der Waals surface area contributed by atoms with E-state index < -0.39 is 41.1 Å². The summed E-state index contributed by atoms with van der Waals surface area (Å²) < 4.78 is 55.2. The van der Waals surface area contributed by atoms with Crippen molar-refractivity contribution in [3.05, 3.63) is 216 Å². The van der Waals surface area contributed by atoms with Gasteiger partial charge < -0.3 is 33.7 Å². The van der Waals surface area contributed by atoms with Crippen LogP contribution < -0.4 is 14.8 Å². The van der Waals surface area contributed by atoms with Crippen molar-refractivity contribution in [2.75, 3.05) is 32.9 Å². The predicted octanol–water partition coefficient (Wildman–Crippen LogP) is 10.2. The number of carbonyl (C=O) groups excluding carboxylic acids is 1. The number of terminal acetylenes is 1. The first-order chi connectivity index (χ1) is 34.1. The second-order valence-corrected chi connectivity index (χ2v) is 17.2. The van der Waals surface area contributed by atoms with E-state index in [0.717, 1.165) is 33.4 Å². The smallest absolute Gasteiger partial charge is 0.312 e. The number of ether oxygens (including phenoxy) is 6. The number of hydrogen-bond donors (Lipinski definition) is 1. The van der Waals surface area contributed by atoms with Crippen LogP contribution in [-0.4, -0.2) is 64.8 Å². The monoisotopic (exact) mass is 937 g/mol. The molecule has 1 aliphatic heterocycles. The van der Waals surface area contributed by atoms with E-state index in [4.69, 9.17) is 39.8 Å². The van der Waals surface area contributed by atoms with E-state index in [1.54, 1.807) is 32.6 Å².